The first-order valence-corrected chi connectivity index (χ1v) is 5.59. The highest BCUT2D eigenvalue weighted by Crippen LogP contribution is 2.33. The zero-order valence-corrected chi connectivity index (χ0v) is 8.33. The van der Waals surface area contributed by atoms with E-state index in [-0.39, 0.29) is 6.10 Å². The molecule has 1 saturated carbocycles. The molecule has 0 spiro atoms. The van der Waals surface area contributed by atoms with E-state index in [2.05, 4.69) is 9.59 Å². The van der Waals surface area contributed by atoms with Gasteiger partial charge in [-0.2, -0.15) is 0 Å². The molecule has 1 fully saturated rings. The topological polar surface area (TPSA) is 46.0 Å². The number of aromatic nitrogens is 2. The van der Waals surface area contributed by atoms with Crippen LogP contribution in [0.15, 0.2) is 6.20 Å². The van der Waals surface area contributed by atoms with Gasteiger partial charge in [0.25, 0.3) is 0 Å². The van der Waals surface area contributed by atoms with E-state index in [0.717, 1.165) is 17.2 Å². The van der Waals surface area contributed by atoms with Crippen LogP contribution in [0.4, 0.5) is 0 Å². The Morgan fingerprint density at radius 1 is 1.54 bits per heavy atom. The minimum atomic E-state index is -0.330. The molecule has 1 N–H and O–H groups in total. The van der Waals surface area contributed by atoms with Crippen molar-refractivity contribution in [3.63, 3.8) is 0 Å². The van der Waals surface area contributed by atoms with Crippen molar-refractivity contribution in [3.8, 4) is 0 Å². The summed E-state index contributed by atoms with van der Waals surface area (Å²) < 4.78 is 3.75. The lowest BCUT2D eigenvalue weighted by Crippen LogP contribution is -2.02. The van der Waals surface area contributed by atoms with Crippen LogP contribution >= 0.6 is 11.5 Å². The molecule has 1 aliphatic carbocycles. The molecule has 0 bridgehead atoms. The Kier molecular flexibility index (Phi) is 2.90. The lowest BCUT2D eigenvalue weighted by molar-refractivity contribution is 0.148. The highest BCUT2D eigenvalue weighted by atomic mass is 32.1. The van der Waals surface area contributed by atoms with Crippen LogP contribution in [-0.2, 0) is 0 Å². The molecule has 1 aromatic rings. The Balaban J connectivity index is 1.87. The van der Waals surface area contributed by atoms with Gasteiger partial charge in [-0.3, -0.25) is 0 Å². The maximum atomic E-state index is 9.80. The van der Waals surface area contributed by atoms with E-state index in [4.69, 9.17) is 0 Å². The van der Waals surface area contributed by atoms with Gasteiger partial charge >= 0.3 is 0 Å². The van der Waals surface area contributed by atoms with E-state index >= 15 is 0 Å². The van der Waals surface area contributed by atoms with Crippen molar-refractivity contribution in [2.75, 3.05) is 0 Å². The van der Waals surface area contributed by atoms with Crippen LogP contribution in [0.1, 0.15) is 43.1 Å². The molecule has 0 aromatic carbocycles. The van der Waals surface area contributed by atoms with Gasteiger partial charge < -0.3 is 5.11 Å². The molecule has 4 heteroatoms. The average Bonchev–Trinajstić information content (AvgIpc) is 2.74. The molecule has 1 heterocycles. The Morgan fingerprint density at radius 2 is 2.31 bits per heavy atom. The molecule has 72 valence electrons. The van der Waals surface area contributed by atoms with Gasteiger partial charge in [-0.05, 0) is 23.9 Å². The van der Waals surface area contributed by atoms with Gasteiger partial charge in [0.2, 0.25) is 0 Å². The molecule has 0 saturated heterocycles. The van der Waals surface area contributed by atoms with Gasteiger partial charge in [-0.1, -0.05) is 30.2 Å². The summed E-state index contributed by atoms with van der Waals surface area (Å²) in [6.07, 6.45) is 7.46. The van der Waals surface area contributed by atoms with Gasteiger partial charge in [-0.15, -0.1) is 5.10 Å². The first-order chi connectivity index (χ1) is 6.36. The Hall–Kier alpha value is -0.480. The molecular weight excluding hydrogens is 184 g/mol. The highest BCUT2D eigenvalue weighted by Gasteiger charge is 2.20. The second-order valence-electron chi connectivity index (χ2n) is 3.72. The molecule has 2 rings (SSSR count). The summed E-state index contributed by atoms with van der Waals surface area (Å²) >= 11 is 1.30. The predicted octanol–water partition coefficient (Wildman–Crippen LogP) is 2.15. The minimum absolute atomic E-state index is 0.330. The van der Waals surface area contributed by atoms with E-state index < -0.39 is 0 Å². The van der Waals surface area contributed by atoms with Gasteiger partial charge in [0.05, 0.1) is 17.2 Å². The normalized spacial score (nSPS) is 20.7. The first kappa shape index (κ1) is 9.09. The summed E-state index contributed by atoms with van der Waals surface area (Å²) in [7, 11) is 0. The summed E-state index contributed by atoms with van der Waals surface area (Å²) in [6.45, 7) is 0. The second kappa shape index (κ2) is 4.15. The fraction of sp³-hybridized carbons (Fsp3) is 0.778. The lowest BCUT2D eigenvalue weighted by Gasteiger charge is -2.12. The summed E-state index contributed by atoms with van der Waals surface area (Å²) in [5, 5.41) is 13.5. The maximum absolute atomic E-state index is 9.80. The fourth-order valence-corrected chi connectivity index (χ4v) is 2.50. The monoisotopic (exact) mass is 198 g/mol. The minimum Gasteiger partial charge on any atom is -0.387 e. The van der Waals surface area contributed by atoms with Gasteiger partial charge in [0, 0.05) is 0 Å². The molecule has 0 radical (unpaired) electrons. The Morgan fingerprint density at radius 3 is 2.92 bits per heavy atom. The van der Waals surface area contributed by atoms with Crippen molar-refractivity contribution in [1.29, 1.82) is 0 Å². The SMILES string of the molecule is OC(CC1CCCC1)c1cnns1. The van der Waals surface area contributed by atoms with Crippen LogP contribution in [0.25, 0.3) is 0 Å². The highest BCUT2D eigenvalue weighted by molar-refractivity contribution is 7.05. The Labute approximate surface area is 82.0 Å². The van der Waals surface area contributed by atoms with E-state index in [1.807, 2.05) is 0 Å². The third-order valence-electron chi connectivity index (χ3n) is 2.74. The van der Waals surface area contributed by atoms with E-state index in [9.17, 15) is 5.11 Å². The third kappa shape index (κ3) is 2.25. The van der Waals surface area contributed by atoms with Crippen LogP contribution in [0.5, 0.6) is 0 Å². The zero-order valence-electron chi connectivity index (χ0n) is 7.52. The summed E-state index contributed by atoms with van der Waals surface area (Å²) in [5.41, 5.74) is 0. The van der Waals surface area contributed by atoms with Crippen LogP contribution in [0.2, 0.25) is 0 Å². The number of aliphatic hydroxyl groups is 1. The third-order valence-corrected chi connectivity index (χ3v) is 3.50. The quantitative estimate of drug-likeness (QED) is 0.809. The van der Waals surface area contributed by atoms with Crippen LogP contribution in [0.3, 0.4) is 0 Å². The predicted molar refractivity (Wildman–Crippen MR) is 51.4 cm³/mol. The zero-order chi connectivity index (χ0) is 9.10. The molecule has 13 heavy (non-hydrogen) atoms. The van der Waals surface area contributed by atoms with Gasteiger partial charge in [-0.25, -0.2) is 0 Å². The molecule has 0 amide bonds. The number of hydrogen-bond donors (Lipinski definition) is 1. The molecule has 1 aliphatic rings. The maximum Gasteiger partial charge on any atom is 0.0916 e. The number of rotatable bonds is 3. The molecule has 0 aliphatic heterocycles. The van der Waals surface area contributed by atoms with Gasteiger partial charge in [0.15, 0.2) is 0 Å². The van der Waals surface area contributed by atoms with Crippen LogP contribution in [0, 0.1) is 5.92 Å². The molecule has 1 aromatic heterocycles. The molecule has 1 unspecified atom stereocenters. The molecule has 3 nitrogen and oxygen atoms in total. The van der Waals surface area contributed by atoms with Crippen LogP contribution < -0.4 is 0 Å². The smallest absolute Gasteiger partial charge is 0.0916 e. The number of aliphatic hydroxyl groups excluding tert-OH is 1. The Bertz CT molecular complexity index is 244. The van der Waals surface area contributed by atoms with E-state index in [1.165, 1.54) is 37.2 Å². The largest absolute Gasteiger partial charge is 0.387 e. The molecular formula is C9H14N2OS. The average molecular weight is 198 g/mol. The number of nitrogens with zero attached hydrogens (tertiary/aromatic N) is 2. The van der Waals surface area contributed by atoms with Crippen molar-refractivity contribution in [2.24, 2.45) is 5.92 Å². The van der Waals surface area contributed by atoms with Gasteiger partial charge in [0.1, 0.15) is 0 Å². The summed E-state index contributed by atoms with van der Waals surface area (Å²) in [4.78, 5) is 0.909. The summed E-state index contributed by atoms with van der Waals surface area (Å²) in [6, 6.07) is 0. The standard InChI is InChI=1S/C9H14N2OS/c12-8(9-6-10-11-13-9)5-7-3-1-2-4-7/h6-8,12H,1-5H2. The van der Waals surface area contributed by atoms with Crippen molar-refractivity contribution < 1.29 is 5.11 Å². The first-order valence-electron chi connectivity index (χ1n) is 4.81. The van der Waals surface area contributed by atoms with Crippen molar-refractivity contribution >= 4 is 11.5 Å². The molecule has 1 atom stereocenters. The second-order valence-corrected chi connectivity index (χ2v) is 4.54. The number of hydrogen-bond acceptors (Lipinski definition) is 4. The van der Waals surface area contributed by atoms with E-state index in [0.29, 0.717) is 0 Å². The summed E-state index contributed by atoms with van der Waals surface area (Å²) in [5.74, 6) is 0.720. The van der Waals surface area contributed by atoms with Crippen LogP contribution in [-0.4, -0.2) is 14.7 Å². The van der Waals surface area contributed by atoms with Crippen molar-refractivity contribution in [3.05, 3.63) is 11.1 Å². The van der Waals surface area contributed by atoms with E-state index in [1.54, 1.807) is 6.20 Å². The lowest BCUT2D eigenvalue weighted by atomic mass is 10.00. The fourth-order valence-electron chi connectivity index (χ4n) is 2.00. The van der Waals surface area contributed by atoms with Crippen molar-refractivity contribution in [1.82, 2.24) is 9.59 Å². The van der Waals surface area contributed by atoms with Crippen molar-refractivity contribution in [2.45, 2.75) is 38.2 Å².